The van der Waals surface area contributed by atoms with Crippen molar-refractivity contribution >= 4 is 45.5 Å². The van der Waals surface area contributed by atoms with Crippen LogP contribution in [-0.4, -0.2) is 14.2 Å². The Labute approximate surface area is 78.8 Å². The number of hydrogen-bond acceptors (Lipinski definition) is 1. The van der Waals surface area contributed by atoms with E-state index in [0.29, 0.717) is 4.05 Å². The lowest BCUT2D eigenvalue weighted by Crippen LogP contribution is -2.20. The highest BCUT2D eigenvalue weighted by Crippen LogP contribution is 2.18. The van der Waals surface area contributed by atoms with Gasteiger partial charge >= 0.3 is 0 Å². The number of alkyl halides is 1. The van der Waals surface area contributed by atoms with Gasteiger partial charge in [0.2, 0.25) is 0 Å². The van der Waals surface area contributed by atoms with Gasteiger partial charge in [-0.2, -0.15) is 0 Å². The molecule has 1 nitrogen and oxygen atoms in total. The first-order chi connectivity index (χ1) is 3.55. The maximum absolute atomic E-state index is 2.44. The number of halogens is 2. The molecular weight excluding hydrogens is 328 g/mol. The van der Waals surface area contributed by atoms with Gasteiger partial charge in [-0.1, -0.05) is 36.4 Å². The molecular formula is C5H11I2N. The summed E-state index contributed by atoms with van der Waals surface area (Å²) >= 11 is 4.75. The smallest absolute Gasteiger partial charge is 0.0728 e. The molecule has 1 atom stereocenters. The Morgan fingerprint density at radius 3 is 1.75 bits per heavy atom. The standard InChI is InChI=1S/C5H11I2N/c1-4(2)5(6)8(3)7/h4-5H,1-3H3. The maximum Gasteiger partial charge on any atom is 0.0728 e. The monoisotopic (exact) mass is 339 g/mol. The zero-order valence-corrected chi connectivity index (χ0v) is 9.67. The summed E-state index contributed by atoms with van der Waals surface area (Å²) in [6, 6.07) is 0. The minimum absolute atomic E-state index is 0.660. The van der Waals surface area contributed by atoms with Crippen LogP contribution in [-0.2, 0) is 0 Å². The minimum Gasteiger partial charge on any atom is -0.238 e. The number of nitrogens with zero attached hydrogens (tertiary/aromatic N) is 1. The molecule has 1 unspecified atom stereocenters. The Balaban J connectivity index is 3.46. The lowest BCUT2D eigenvalue weighted by Gasteiger charge is -2.18. The molecule has 0 aromatic heterocycles. The van der Waals surface area contributed by atoms with E-state index in [9.17, 15) is 0 Å². The van der Waals surface area contributed by atoms with Crippen molar-refractivity contribution in [2.75, 3.05) is 7.05 Å². The average molecular weight is 339 g/mol. The van der Waals surface area contributed by atoms with E-state index in [1.807, 2.05) is 0 Å². The van der Waals surface area contributed by atoms with Crippen molar-refractivity contribution in [2.45, 2.75) is 17.9 Å². The molecule has 0 aliphatic heterocycles. The van der Waals surface area contributed by atoms with Gasteiger partial charge in [-0.05, 0) is 13.0 Å². The fourth-order valence-electron chi connectivity index (χ4n) is 0.411. The quantitative estimate of drug-likeness (QED) is 0.324. The summed E-state index contributed by atoms with van der Waals surface area (Å²) in [4.78, 5) is 0. The van der Waals surface area contributed by atoms with Crippen LogP contribution in [0.3, 0.4) is 0 Å². The molecule has 0 saturated carbocycles. The molecule has 0 amide bonds. The molecule has 0 rings (SSSR count). The van der Waals surface area contributed by atoms with E-state index in [1.165, 1.54) is 0 Å². The Hall–Kier alpha value is 1.42. The second kappa shape index (κ2) is 4.27. The van der Waals surface area contributed by atoms with Crippen molar-refractivity contribution in [1.82, 2.24) is 3.11 Å². The van der Waals surface area contributed by atoms with Crippen molar-refractivity contribution < 1.29 is 0 Å². The van der Waals surface area contributed by atoms with Gasteiger partial charge in [0.05, 0.1) is 4.05 Å². The fourth-order valence-corrected chi connectivity index (χ4v) is 1.05. The van der Waals surface area contributed by atoms with E-state index in [0.717, 1.165) is 5.92 Å². The largest absolute Gasteiger partial charge is 0.238 e. The second-order valence-electron chi connectivity index (χ2n) is 2.14. The van der Waals surface area contributed by atoms with Gasteiger partial charge in [-0.3, -0.25) is 0 Å². The molecule has 0 heterocycles. The molecule has 8 heavy (non-hydrogen) atoms. The predicted molar refractivity (Wildman–Crippen MR) is 54.4 cm³/mol. The van der Waals surface area contributed by atoms with Gasteiger partial charge in [0, 0.05) is 22.9 Å². The van der Waals surface area contributed by atoms with Crippen LogP contribution in [0.2, 0.25) is 0 Å². The Kier molecular flexibility index (Phi) is 5.03. The summed E-state index contributed by atoms with van der Waals surface area (Å²) in [6.07, 6.45) is 0. The van der Waals surface area contributed by atoms with E-state index < -0.39 is 0 Å². The van der Waals surface area contributed by atoms with Crippen molar-refractivity contribution in [3.8, 4) is 0 Å². The first-order valence-corrected chi connectivity index (χ1v) is 4.79. The molecule has 0 bridgehead atoms. The molecule has 3 heteroatoms. The van der Waals surface area contributed by atoms with Crippen molar-refractivity contribution in [3.05, 3.63) is 0 Å². The van der Waals surface area contributed by atoms with Gasteiger partial charge in [0.25, 0.3) is 0 Å². The van der Waals surface area contributed by atoms with Gasteiger partial charge in [0.1, 0.15) is 0 Å². The third-order valence-electron chi connectivity index (χ3n) is 0.890. The summed E-state index contributed by atoms with van der Waals surface area (Å²) in [7, 11) is 2.09. The number of rotatable bonds is 2. The Bertz CT molecular complexity index is 55.4. The zero-order valence-electron chi connectivity index (χ0n) is 5.36. The lowest BCUT2D eigenvalue weighted by molar-refractivity contribution is 0.471. The average Bonchev–Trinajstić information content (AvgIpc) is 1.64. The van der Waals surface area contributed by atoms with Crippen LogP contribution >= 0.6 is 45.5 Å². The highest BCUT2D eigenvalue weighted by Gasteiger charge is 2.10. The van der Waals surface area contributed by atoms with Crippen LogP contribution < -0.4 is 0 Å². The highest BCUT2D eigenvalue weighted by molar-refractivity contribution is 14.1. The molecule has 0 fully saturated rings. The fraction of sp³-hybridized carbons (Fsp3) is 1.00. The molecule has 0 aromatic rings. The topological polar surface area (TPSA) is 3.24 Å². The van der Waals surface area contributed by atoms with Crippen molar-refractivity contribution in [2.24, 2.45) is 5.92 Å². The van der Waals surface area contributed by atoms with E-state index in [2.05, 4.69) is 69.5 Å². The SMILES string of the molecule is CC(C)C(I)N(C)I. The predicted octanol–water partition coefficient (Wildman–Crippen LogP) is 2.69. The van der Waals surface area contributed by atoms with E-state index in [1.54, 1.807) is 0 Å². The Morgan fingerprint density at radius 1 is 1.38 bits per heavy atom. The van der Waals surface area contributed by atoms with Crippen molar-refractivity contribution in [3.63, 3.8) is 0 Å². The van der Waals surface area contributed by atoms with E-state index >= 15 is 0 Å². The molecule has 0 aliphatic rings. The van der Waals surface area contributed by atoms with Crippen molar-refractivity contribution in [1.29, 1.82) is 0 Å². The van der Waals surface area contributed by atoms with Crippen LogP contribution in [0.1, 0.15) is 13.8 Å². The van der Waals surface area contributed by atoms with Crippen LogP contribution in [0, 0.1) is 5.92 Å². The zero-order chi connectivity index (χ0) is 6.73. The summed E-state index contributed by atoms with van der Waals surface area (Å²) in [5, 5.41) is 0. The minimum atomic E-state index is 0.660. The molecule has 0 aromatic carbocycles. The summed E-state index contributed by atoms with van der Waals surface area (Å²) < 4.78 is 2.86. The molecule has 0 aliphatic carbocycles. The van der Waals surface area contributed by atoms with Gasteiger partial charge in [-0.25, -0.2) is 3.11 Å². The van der Waals surface area contributed by atoms with Crippen LogP contribution in [0.5, 0.6) is 0 Å². The molecule has 0 saturated heterocycles. The van der Waals surface area contributed by atoms with E-state index in [-0.39, 0.29) is 0 Å². The van der Waals surface area contributed by atoms with Crippen LogP contribution in [0.25, 0.3) is 0 Å². The van der Waals surface area contributed by atoms with Gasteiger partial charge in [0.15, 0.2) is 0 Å². The first kappa shape index (κ1) is 9.42. The summed E-state index contributed by atoms with van der Waals surface area (Å²) in [5.74, 6) is 0.748. The first-order valence-electron chi connectivity index (χ1n) is 2.58. The third kappa shape index (κ3) is 3.45. The van der Waals surface area contributed by atoms with Gasteiger partial charge in [-0.15, -0.1) is 0 Å². The molecule has 0 N–H and O–H groups in total. The van der Waals surface area contributed by atoms with Crippen LogP contribution in [0.15, 0.2) is 0 Å². The van der Waals surface area contributed by atoms with E-state index in [4.69, 9.17) is 0 Å². The third-order valence-corrected chi connectivity index (χ3v) is 4.83. The summed E-state index contributed by atoms with van der Waals surface area (Å²) in [6.45, 7) is 4.46. The number of hydrogen-bond donors (Lipinski definition) is 0. The normalized spacial score (nSPS) is 15.4. The molecule has 0 radical (unpaired) electrons. The lowest BCUT2D eigenvalue weighted by atomic mass is 10.2. The molecule has 50 valence electrons. The second-order valence-corrected chi connectivity index (χ2v) is 4.94. The van der Waals surface area contributed by atoms with Gasteiger partial charge < -0.3 is 0 Å². The summed E-state index contributed by atoms with van der Waals surface area (Å²) in [5.41, 5.74) is 0. The highest BCUT2D eigenvalue weighted by atomic mass is 127. The Morgan fingerprint density at radius 2 is 1.75 bits per heavy atom. The maximum atomic E-state index is 2.44. The molecule has 0 spiro atoms. The van der Waals surface area contributed by atoms with Crippen LogP contribution in [0.4, 0.5) is 0 Å².